The molecule has 1 unspecified atom stereocenters. The van der Waals surface area contributed by atoms with Gasteiger partial charge in [-0.15, -0.1) is 11.8 Å². The van der Waals surface area contributed by atoms with E-state index in [1.807, 2.05) is 36.1 Å². The summed E-state index contributed by atoms with van der Waals surface area (Å²) in [5.74, 6) is 0.718. The topological polar surface area (TPSA) is 46.3 Å². The van der Waals surface area contributed by atoms with Crippen molar-refractivity contribution in [1.29, 1.82) is 0 Å². The highest BCUT2D eigenvalue weighted by Crippen LogP contribution is 2.24. The first-order valence-corrected chi connectivity index (χ1v) is 6.44. The molecule has 86 valence electrons. The van der Waals surface area contributed by atoms with Crippen molar-refractivity contribution in [2.45, 2.75) is 12.2 Å². The van der Waals surface area contributed by atoms with Gasteiger partial charge in [-0.3, -0.25) is 4.79 Å². The predicted molar refractivity (Wildman–Crippen MR) is 68.8 cm³/mol. The molecule has 1 heterocycles. The molecule has 0 spiro atoms. The number of hydrogen-bond acceptors (Lipinski definition) is 3. The van der Waals surface area contributed by atoms with Crippen LogP contribution in [0.15, 0.2) is 24.3 Å². The molecule has 4 heteroatoms. The molecule has 1 aromatic carbocycles. The van der Waals surface area contributed by atoms with Gasteiger partial charge in [0.25, 0.3) is 0 Å². The van der Waals surface area contributed by atoms with E-state index in [4.69, 9.17) is 5.73 Å². The number of aryl methyl sites for hydroxylation is 1. The van der Waals surface area contributed by atoms with Crippen molar-refractivity contribution in [1.82, 2.24) is 0 Å². The van der Waals surface area contributed by atoms with Gasteiger partial charge in [0.05, 0.1) is 5.75 Å². The van der Waals surface area contributed by atoms with E-state index in [-0.39, 0.29) is 5.91 Å². The van der Waals surface area contributed by atoms with Crippen molar-refractivity contribution in [2.75, 3.05) is 23.7 Å². The molecule has 1 saturated heterocycles. The Balaban J connectivity index is 2.21. The molecule has 1 aliphatic rings. The van der Waals surface area contributed by atoms with Crippen LogP contribution in [-0.4, -0.2) is 30.0 Å². The third-order valence-corrected chi connectivity index (χ3v) is 3.93. The number of hydrogen-bond donors (Lipinski definition) is 1. The zero-order valence-electron chi connectivity index (χ0n) is 9.35. The average Bonchev–Trinajstić information content (AvgIpc) is 2.30. The molecule has 0 saturated carbocycles. The van der Waals surface area contributed by atoms with E-state index in [2.05, 4.69) is 0 Å². The zero-order chi connectivity index (χ0) is 11.5. The lowest BCUT2D eigenvalue weighted by Gasteiger charge is -2.31. The quantitative estimate of drug-likeness (QED) is 0.844. The minimum Gasteiger partial charge on any atom is -0.329 e. The summed E-state index contributed by atoms with van der Waals surface area (Å²) < 4.78 is 0. The third kappa shape index (κ3) is 2.39. The second-order valence-electron chi connectivity index (χ2n) is 4.01. The predicted octanol–water partition coefficient (Wildman–Crippen LogP) is 1.40. The minimum absolute atomic E-state index is 0.181. The van der Waals surface area contributed by atoms with Crippen molar-refractivity contribution in [3.05, 3.63) is 29.8 Å². The molecule has 3 nitrogen and oxygen atoms in total. The van der Waals surface area contributed by atoms with Crippen LogP contribution in [0.5, 0.6) is 0 Å². The number of thioether (sulfide) groups is 1. The number of carbonyl (C=O) groups excluding carboxylic acids is 1. The molecule has 0 radical (unpaired) electrons. The van der Waals surface area contributed by atoms with Crippen molar-refractivity contribution >= 4 is 23.4 Å². The smallest absolute Gasteiger partial charge is 0.237 e. The number of nitrogens with zero attached hydrogens (tertiary/aromatic N) is 1. The summed E-state index contributed by atoms with van der Waals surface area (Å²) >= 11 is 1.66. The summed E-state index contributed by atoms with van der Waals surface area (Å²) in [6.45, 7) is 3.39. The van der Waals surface area contributed by atoms with Gasteiger partial charge in [-0.1, -0.05) is 12.1 Å². The first-order valence-electron chi connectivity index (χ1n) is 5.39. The number of amides is 1. The lowest BCUT2D eigenvalue weighted by Crippen LogP contribution is -2.45. The Labute approximate surface area is 100.0 Å². The van der Waals surface area contributed by atoms with Gasteiger partial charge in [0.2, 0.25) is 5.91 Å². The van der Waals surface area contributed by atoms with Crippen LogP contribution in [0.3, 0.4) is 0 Å². The van der Waals surface area contributed by atoms with Crippen LogP contribution in [-0.2, 0) is 4.79 Å². The van der Waals surface area contributed by atoms with E-state index in [0.29, 0.717) is 17.5 Å². The normalized spacial score (nSPS) is 21.2. The van der Waals surface area contributed by atoms with E-state index in [0.717, 1.165) is 12.2 Å². The van der Waals surface area contributed by atoms with Gasteiger partial charge in [0.15, 0.2) is 0 Å². The number of rotatable bonds is 2. The molecular weight excluding hydrogens is 220 g/mol. The Morgan fingerprint density at radius 1 is 1.56 bits per heavy atom. The van der Waals surface area contributed by atoms with Gasteiger partial charge < -0.3 is 10.6 Å². The van der Waals surface area contributed by atoms with E-state index in [1.54, 1.807) is 11.8 Å². The third-order valence-electron chi connectivity index (χ3n) is 2.71. The Morgan fingerprint density at radius 2 is 2.38 bits per heavy atom. The molecule has 1 aromatic rings. The van der Waals surface area contributed by atoms with Gasteiger partial charge in [-0.25, -0.2) is 0 Å². The van der Waals surface area contributed by atoms with Crippen LogP contribution in [0, 0.1) is 6.92 Å². The van der Waals surface area contributed by atoms with E-state index >= 15 is 0 Å². The lowest BCUT2D eigenvalue weighted by molar-refractivity contribution is -0.116. The zero-order valence-corrected chi connectivity index (χ0v) is 10.2. The minimum atomic E-state index is 0.181. The van der Waals surface area contributed by atoms with E-state index in [9.17, 15) is 4.79 Å². The van der Waals surface area contributed by atoms with Crippen LogP contribution in [0.1, 0.15) is 5.56 Å². The first kappa shape index (κ1) is 11.5. The standard InChI is InChI=1S/C12H16N2OS/c1-9-3-2-4-10(5-9)14-7-11(6-13)16-8-12(14)15/h2-5,11H,6-8,13H2,1H3. The Morgan fingerprint density at radius 3 is 3.06 bits per heavy atom. The largest absolute Gasteiger partial charge is 0.329 e. The fourth-order valence-electron chi connectivity index (χ4n) is 1.81. The van der Waals surface area contributed by atoms with Crippen LogP contribution in [0.2, 0.25) is 0 Å². The van der Waals surface area contributed by atoms with Gasteiger partial charge in [-0.2, -0.15) is 0 Å². The Kier molecular flexibility index (Phi) is 3.51. The lowest BCUT2D eigenvalue weighted by atomic mass is 10.2. The van der Waals surface area contributed by atoms with Gasteiger partial charge >= 0.3 is 0 Å². The van der Waals surface area contributed by atoms with Gasteiger partial charge in [0.1, 0.15) is 0 Å². The Bertz CT molecular complexity index is 394. The van der Waals surface area contributed by atoms with Crippen LogP contribution < -0.4 is 10.6 Å². The summed E-state index contributed by atoms with van der Waals surface area (Å²) in [5.41, 5.74) is 7.82. The van der Waals surface area contributed by atoms with Gasteiger partial charge in [0, 0.05) is 24.0 Å². The highest BCUT2D eigenvalue weighted by Gasteiger charge is 2.26. The fraction of sp³-hybridized carbons (Fsp3) is 0.417. The van der Waals surface area contributed by atoms with Crippen LogP contribution in [0.25, 0.3) is 0 Å². The maximum atomic E-state index is 11.8. The van der Waals surface area contributed by atoms with Gasteiger partial charge in [-0.05, 0) is 24.6 Å². The summed E-state index contributed by atoms with van der Waals surface area (Å²) in [5, 5.41) is 0.359. The molecule has 2 rings (SSSR count). The summed E-state index contributed by atoms with van der Waals surface area (Å²) in [6, 6.07) is 8.04. The van der Waals surface area contributed by atoms with E-state index in [1.165, 1.54) is 5.56 Å². The SMILES string of the molecule is Cc1cccc(N2CC(CN)SCC2=O)c1. The van der Waals surface area contributed by atoms with Crippen molar-refractivity contribution in [3.63, 3.8) is 0 Å². The maximum absolute atomic E-state index is 11.8. The molecule has 2 N–H and O–H groups in total. The molecule has 0 aromatic heterocycles. The summed E-state index contributed by atoms with van der Waals surface area (Å²) in [4.78, 5) is 13.7. The molecule has 1 amide bonds. The molecule has 0 aliphatic carbocycles. The molecular formula is C12H16N2OS. The number of nitrogens with two attached hydrogens (primary N) is 1. The molecule has 1 atom stereocenters. The molecule has 1 fully saturated rings. The summed E-state index contributed by atoms with van der Waals surface area (Å²) in [7, 11) is 0. The van der Waals surface area contributed by atoms with Crippen LogP contribution in [0.4, 0.5) is 5.69 Å². The number of anilines is 1. The van der Waals surface area contributed by atoms with Crippen molar-refractivity contribution in [2.24, 2.45) is 5.73 Å². The summed E-state index contributed by atoms with van der Waals surface area (Å²) in [6.07, 6.45) is 0. The van der Waals surface area contributed by atoms with E-state index < -0.39 is 0 Å². The molecule has 16 heavy (non-hydrogen) atoms. The fourth-order valence-corrected chi connectivity index (χ4v) is 2.74. The highest BCUT2D eigenvalue weighted by atomic mass is 32.2. The second-order valence-corrected chi connectivity index (χ2v) is 5.30. The Hall–Kier alpha value is -1.00. The second kappa shape index (κ2) is 4.89. The number of benzene rings is 1. The van der Waals surface area contributed by atoms with Crippen LogP contribution >= 0.6 is 11.8 Å². The van der Waals surface area contributed by atoms with Crippen molar-refractivity contribution in [3.8, 4) is 0 Å². The monoisotopic (exact) mass is 236 g/mol. The highest BCUT2D eigenvalue weighted by molar-refractivity contribution is 8.00. The number of carbonyl (C=O) groups is 1. The average molecular weight is 236 g/mol. The first-order chi connectivity index (χ1) is 7.70. The molecule has 1 aliphatic heterocycles. The molecule has 0 bridgehead atoms. The maximum Gasteiger partial charge on any atom is 0.237 e. The van der Waals surface area contributed by atoms with Crippen molar-refractivity contribution < 1.29 is 4.79 Å².